The Balaban J connectivity index is 0.000000274. The Labute approximate surface area is 323 Å². The molecule has 1 unspecified atom stereocenters. The third kappa shape index (κ3) is 14.1. The van der Waals surface area contributed by atoms with E-state index in [-0.39, 0.29) is 16.9 Å². The number of hydrogen-bond donors (Lipinski definition) is 2. The normalized spacial score (nSPS) is 14.8. The molecule has 2 N–H and O–H groups in total. The minimum atomic E-state index is -3.11. The van der Waals surface area contributed by atoms with Crippen LogP contribution in [0.15, 0.2) is 84.9 Å². The van der Waals surface area contributed by atoms with Gasteiger partial charge in [0.05, 0.1) is 11.1 Å². The summed E-state index contributed by atoms with van der Waals surface area (Å²) in [5.41, 5.74) is -0.517. The number of benzene rings is 4. The van der Waals surface area contributed by atoms with Crippen molar-refractivity contribution in [1.29, 1.82) is 0 Å². The van der Waals surface area contributed by atoms with E-state index < -0.39 is 70.3 Å². The van der Waals surface area contributed by atoms with Crippen LogP contribution < -0.4 is 0 Å². The summed E-state index contributed by atoms with van der Waals surface area (Å²) in [6.45, 7) is 2.81. The van der Waals surface area contributed by atoms with Gasteiger partial charge in [0.2, 0.25) is 5.79 Å². The number of cyclic esters (lactones) is 1. The summed E-state index contributed by atoms with van der Waals surface area (Å²) in [4.78, 5) is 43.6. The first-order chi connectivity index (χ1) is 24.0. The van der Waals surface area contributed by atoms with E-state index in [9.17, 15) is 41.8 Å². The minimum absolute atomic E-state index is 0.0110. The number of ketones is 2. The van der Waals surface area contributed by atoms with Gasteiger partial charge in [-0.1, -0.05) is 59.6 Å². The number of carboxylic acid groups (broad SMARTS) is 1. The van der Waals surface area contributed by atoms with Gasteiger partial charge in [-0.3, -0.25) is 9.59 Å². The number of carbonyl (C=O) groups is 4. The molecular weight excluding hydrogens is 857 g/mol. The SMILES string of the molecule is CC(=O)Cc1ccc(Cl)cc1.CC1(O)OC(=O)C(c2c(F)cccc2F)=C1c1ccc(Cl)cc1.O=C(O)C(=O)c1c(F)cccc1F.[Cl][Ti]([Cl])([Cl])[Cl]. The van der Waals surface area contributed by atoms with Crippen molar-refractivity contribution < 1.29 is 64.0 Å². The van der Waals surface area contributed by atoms with Gasteiger partial charge in [0.15, 0.2) is 0 Å². The van der Waals surface area contributed by atoms with E-state index in [2.05, 4.69) is 0 Å². The topological polar surface area (TPSA) is 118 Å². The predicted octanol–water partition coefficient (Wildman–Crippen LogP) is 10.3. The number of ether oxygens (including phenoxy) is 1. The van der Waals surface area contributed by atoms with Gasteiger partial charge in [-0.15, -0.1) is 0 Å². The Kier molecular flexibility index (Phi) is 17.3. The Hall–Kier alpha value is -2.97. The van der Waals surface area contributed by atoms with Crippen LogP contribution in [0.3, 0.4) is 0 Å². The molecule has 18 heteroatoms. The summed E-state index contributed by atoms with van der Waals surface area (Å²) in [7, 11) is 20.1. The summed E-state index contributed by atoms with van der Waals surface area (Å²) >= 11 is 8.38. The second kappa shape index (κ2) is 19.9. The van der Waals surface area contributed by atoms with Crippen molar-refractivity contribution in [3.63, 3.8) is 0 Å². The van der Waals surface area contributed by atoms with Crippen LogP contribution in [0.25, 0.3) is 11.1 Å². The summed E-state index contributed by atoms with van der Waals surface area (Å²) in [5.74, 6) is -10.5. The molecule has 0 saturated carbocycles. The van der Waals surface area contributed by atoms with Crippen molar-refractivity contribution in [2.45, 2.75) is 26.1 Å². The molecule has 0 saturated heterocycles. The van der Waals surface area contributed by atoms with Gasteiger partial charge in [-0.25, -0.2) is 27.2 Å². The van der Waals surface area contributed by atoms with Gasteiger partial charge in [0.1, 0.15) is 34.6 Å². The molecule has 276 valence electrons. The van der Waals surface area contributed by atoms with E-state index in [1.54, 1.807) is 19.1 Å². The predicted molar refractivity (Wildman–Crippen MR) is 189 cm³/mol. The average molecular weight is 881 g/mol. The van der Waals surface area contributed by atoms with Crippen molar-refractivity contribution in [3.05, 3.63) is 140 Å². The van der Waals surface area contributed by atoms with Crippen molar-refractivity contribution >= 4 is 95.1 Å². The van der Waals surface area contributed by atoms with Crippen LogP contribution in [0.1, 0.15) is 40.9 Å². The fourth-order valence-corrected chi connectivity index (χ4v) is 4.57. The molecule has 4 aromatic carbocycles. The zero-order valence-electron chi connectivity index (χ0n) is 26.5. The van der Waals surface area contributed by atoms with E-state index in [4.69, 9.17) is 70.3 Å². The van der Waals surface area contributed by atoms with E-state index in [0.717, 1.165) is 35.9 Å². The Morgan fingerprint density at radius 2 is 1.15 bits per heavy atom. The molecule has 1 atom stereocenters. The summed E-state index contributed by atoms with van der Waals surface area (Å²) < 4.78 is 58.6. The molecule has 1 aliphatic heterocycles. The number of aliphatic hydroxyl groups is 1. The number of carbonyl (C=O) groups excluding carboxylic acids is 3. The van der Waals surface area contributed by atoms with E-state index in [1.807, 2.05) is 12.1 Å². The third-order valence-electron chi connectivity index (χ3n) is 6.31. The Bertz CT molecular complexity index is 1920. The Morgan fingerprint density at radius 3 is 1.56 bits per heavy atom. The van der Waals surface area contributed by atoms with Crippen molar-refractivity contribution in [2.24, 2.45) is 0 Å². The number of esters is 1. The van der Waals surface area contributed by atoms with Crippen LogP contribution in [0, 0.1) is 23.3 Å². The van der Waals surface area contributed by atoms with E-state index >= 15 is 0 Å². The molecule has 0 aromatic heterocycles. The molecule has 7 nitrogen and oxygen atoms in total. The summed E-state index contributed by atoms with van der Waals surface area (Å²) in [6.07, 6.45) is 0.497. The third-order valence-corrected chi connectivity index (χ3v) is 6.81. The molecular formula is C34H24Cl6F4O7Ti. The van der Waals surface area contributed by atoms with Crippen LogP contribution in [-0.4, -0.2) is 39.5 Å². The van der Waals surface area contributed by atoms with Gasteiger partial charge in [0, 0.05) is 29.0 Å². The Morgan fingerprint density at radius 1 is 0.750 bits per heavy atom. The second-order valence-corrected chi connectivity index (χ2v) is 26.7. The maximum atomic E-state index is 14.1. The number of carboxylic acids is 1. The molecule has 0 fully saturated rings. The zero-order chi connectivity index (χ0) is 39.6. The zero-order valence-corrected chi connectivity index (χ0v) is 32.6. The van der Waals surface area contributed by atoms with Gasteiger partial charge in [-0.05, 0) is 66.6 Å². The monoisotopic (exact) mass is 878 g/mol. The van der Waals surface area contributed by atoms with Crippen LogP contribution in [0.2, 0.25) is 10.0 Å². The number of hydrogen-bond acceptors (Lipinski definition) is 6. The number of halogens is 10. The quantitative estimate of drug-likeness (QED) is 0.0651. The fraction of sp³-hybridized carbons (Fsp3) is 0.118. The van der Waals surface area contributed by atoms with Crippen LogP contribution in [-0.2, 0) is 37.9 Å². The second-order valence-electron chi connectivity index (χ2n) is 10.4. The van der Waals surface area contributed by atoms with Crippen molar-refractivity contribution in [3.8, 4) is 0 Å². The first kappa shape index (κ1) is 45.2. The molecule has 52 heavy (non-hydrogen) atoms. The van der Waals surface area contributed by atoms with Gasteiger partial charge >= 0.3 is 61.5 Å². The van der Waals surface area contributed by atoms with Gasteiger partial charge in [0.25, 0.3) is 5.78 Å². The number of Topliss-reactive ketones (excluding diaryl/α,β-unsaturated/α-hetero) is 2. The van der Waals surface area contributed by atoms with E-state index in [1.165, 1.54) is 37.3 Å². The fourth-order valence-electron chi connectivity index (χ4n) is 4.32. The number of rotatable bonds is 6. The van der Waals surface area contributed by atoms with Gasteiger partial charge in [-0.2, -0.15) is 0 Å². The molecule has 4 aromatic rings. The molecule has 0 amide bonds. The molecule has 0 bridgehead atoms. The van der Waals surface area contributed by atoms with Gasteiger partial charge < -0.3 is 14.9 Å². The van der Waals surface area contributed by atoms with Crippen LogP contribution in [0.5, 0.6) is 0 Å². The number of aliphatic carboxylic acids is 1. The van der Waals surface area contributed by atoms with E-state index in [0.29, 0.717) is 22.0 Å². The molecule has 0 aliphatic carbocycles. The standard InChI is InChI=1S/C17H11ClF2O3.C9H9ClO.C8H4F2O3.4ClH.Ti/c1-17(22)15(9-5-7-10(18)8-6-9)14(16(21)23-17)13-11(19)3-2-4-12(13)20;1-7(11)6-8-2-4-9(10)5-3-8;9-4-2-1-3-5(10)6(4)7(11)8(12)13;;;;;/h2-8,22H,1H3;2-5H,6H2,1H3;1-3H,(H,12,13);4*1H;/q;;;;;;;+4/p-4. The first-order valence-corrected chi connectivity index (χ1v) is 23.5. The summed E-state index contributed by atoms with van der Waals surface area (Å²) in [5, 5.41) is 19.7. The molecule has 0 spiro atoms. The first-order valence-electron chi connectivity index (χ1n) is 14.1. The molecule has 1 heterocycles. The molecule has 5 rings (SSSR count). The van der Waals surface area contributed by atoms with Crippen LogP contribution in [0.4, 0.5) is 17.6 Å². The summed E-state index contributed by atoms with van der Waals surface area (Å²) in [6, 6.07) is 19.4. The van der Waals surface area contributed by atoms with Crippen molar-refractivity contribution in [2.75, 3.05) is 0 Å². The van der Waals surface area contributed by atoms with Crippen molar-refractivity contribution in [1.82, 2.24) is 0 Å². The maximum absolute atomic E-state index is 14.1. The molecule has 1 aliphatic rings. The average Bonchev–Trinajstić information content (AvgIpc) is 3.25. The van der Waals surface area contributed by atoms with Crippen LogP contribution >= 0.6 is 60.4 Å². The molecule has 0 radical (unpaired) electrons.